The number of carbonyl (C=O) groups excluding carboxylic acids is 1. The molecule has 0 unspecified atom stereocenters. The monoisotopic (exact) mass is 265 g/mol. The van der Waals surface area contributed by atoms with Crippen molar-refractivity contribution in [3.8, 4) is 11.5 Å². The van der Waals surface area contributed by atoms with Gasteiger partial charge in [0, 0.05) is 6.42 Å². The number of carbonyl (C=O) groups is 1. The molecule has 4 nitrogen and oxygen atoms in total. The summed E-state index contributed by atoms with van der Waals surface area (Å²) in [5.41, 5.74) is 7.86. The van der Waals surface area contributed by atoms with E-state index in [1.54, 1.807) is 14.0 Å². The lowest BCUT2D eigenvalue weighted by Gasteiger charge is -2.25. The largest absolute Gasteiger partial charge is 0.496 e. The molecular formula is C15H23NO3. The fraction of sp³-hybridized carbons (Fsp3) is 0.533. The van der Waals surface area contributed by atoms with Gasteiger partial charge in [0.15, 0.2) is 11.5 Å². The van der Waals surface area contributed by atoms with E-state index in [0.29, 0.717) is 29.2 Å². The predicted octanol–water partition coefficient (Wildman–Crippen LogP) is 3.18. The van der Waals surface area contributed by atoms with Gasteiger partial charge in [-0.1, -0.05) is 27.7 Å². The number of benzene rings is 1. The lowest BCUT2D eigenvalue weighted by molar-refractivity contribution is 0.0982. The van der Waals surface area contributed by atoms with Crippen LogP contribution in [0.4, 0.5) is 5.69 Å². The van der Waals surface area contributed by atoms with Gasteiger partial charge in [-0.2, -0.15) is 0 Å². The Bertz CT molecular complexity index is 487. The number of hydrogen-bond acceptors (Lipinski definition) is 4. The molecule has 0 fully saturated rings. The molecule has 0 saturated carbocycles. The van der Waals surface area contributed by atoms with Gasteiger partial charge in [0.1, 0.15) is 11.3 Å². The van der Waals surface area contributed by atoms with Crippen molar-refractivity contribution in [1.82, 2.24) is 0 Å². The standard InChI is InChI=1S/C15H23NO3/c1-7-10(17)12-11(18-5)8-9(15(2,3)4)13(16)14(12)19-6/h8H,7,16H2,1-6H3. The number of Topliss-reactive ketones (excluding diaryl/α,β-unsaturated/α-hetero) is 1. The third kappa shape index (κ3) is 2.83. The van der Waals surface area contributed by atoms with Gasteiger partial charge in [-0.15, -0.1) is 0 Å². The van der Waals surface area contributed by atoms with E-state index >= 15 is 0 Å². The number of nitrogen functional groups attached to an aromatic ring is 1. The molecule has 1 aromatic carbocycles. The minimum atomic E-state index is -0.154. The highest BCUT2D eigenvalue weighted by atomic mass is 16.5. The number of ether oxygens (including phenoxy) is 2. The molecule has 0 heterocycles. The van der Waals surface area contributed by atoms with Gasteiger partial charge in [-0.25, -0.2) is 0 Å². The third-order valence-corrected chi connectivity index (χ3v) is 3.12. The van der Waals surface area contributed by atoms with Crippen molar-refractivity contribution < 1.29 is 14.3 Å². The van der Waals surface area contributed by atoms with Crippen molar-refractivity contribution in [2.75, 3.05) is 20.0 Å². The van der Waals surface area contributed by atoms with E-state index in [2.05, 4.69) is 20.8 Å². The van der Waals surface area contributed by atoms with Gasteiger partial charge in [-0.3, -0.25) is 4.79 Å². The molecule has 4 heteroatoms. The minimum Gasteiger partial charge on any atom is -0.496 e. The van der Waals surface area contributed by atoms with Crippen molar-refractivity contribution in [1.29, 1.82) is 0 Å². The molecule has 0 radical (unpaired) electrons. The van der Waals surface area contributed by atoms with Crippen LogP contribution in [0.25, 0.3) is 0 Å². The maximum atomic E-state index is 12.1. The Hall–Kier alpha value is -1.71. The van der Waals surface area contributed by atoms with Crippen LogP contribution in [0.3, 0.4) is 0 Å². The van der Waals surface area contributed by atoms with Crippen LogP contribution in [0.1, 0.15) is 50.0 Å². The zero-order valence-corrected chi connectivity index (χ0v) is 12.6. The van der Waals surface area contributed by atoms with Gasteiger partial charge >= 0.3 is 0 Å². The Morgan fingerprint density at radius 3 is 2.21 bits per heavy atom. The van der Waals surface area contributed by atoms with Gasteiger partial charge in [0.2, 0.25) is 0 Å². The molecule has 1 aromatic rings. The van der Waals surface area contributed by atoms with Crippen molar-refractivity contribution in [3.05, 3.63) is 17.2 Å². The molecule has 0 saturated heterocycles. The minimum absolute atomic E-state index is 0.0409. The molecule has 106 valence electrons. The fourth-order valence-corrected chi connectivity index (χ4v) is 2.08. The highest BCUT2D eigenvalue weighted by Crippen LogP contribution is 2.42. The Labute approximate surface area is 114 Å². The summed E-state index contributed by atoms with van der Waals surface area (Å²) in [6, 6.07) is 1.83. The zero-order valence-electron chi connectivity index (χ0n) is 12.6. The topological polar surface area (TPSA) is 61.5 Å². The quantitative estimate of drug-likeness (QED) is 0.671. The second kappa shape index (κ2) is 5.51. The Balaban J connectivity index is 3.67. The van der Waals surface area contributed by atoms with Gasteiger partial charge < -0.3 is 15.2 Å². The third-order valence-electron chi connectivity index (χ3n) is 3.12. The molecule has 19 heavy (non-hydrogen) atoms. The molecule has 0 aromatic heterocycles. The van der Waals surface area contributed by atoms with Crippen LogP contribution in [0.15, 0.2) is 6.07 Å². The Kier molecular flexibility index (Phi) is 4.45. The molecule has 1 rings (SSSR count). The predicted molar refractivity (Wildman–Crippen MR) is 77.3 cm³/mol. The number of hydrogen-bond donors (Lipinski definition) is 1. The first-order valence-corrected chi connectivity index (χ1v) is 6.36. The Morgan fingerprint density at radius 2 is 1.84 bits per heavy atom. The zero-order chi connectivity index (χ0) is 14.8. The first-order valence-electron chi connectivity index (χ1n) is 6.36. The number of nitrogens with two attached hydrogens (primary N) is 1. The van der Waals surface area contributed by atoms with Gasteiger partial charge in [0.25, 0.3) is 0 Å². The smallest absolute Gasteiger partial charge is 0.170 e. The number of anilines is 1. The molecule has 0 spiro atoms. The second-order valence-corrected chi connectivity index (χ2v) is 5.48. The summed E-state index contributed by atoms with van der Waals surface area (Å²) in [6.45, 7) is 7.96. The fourth-order valence-electron chi connectivity index (χ4n) is 2.08. The maximum absolute atomic E-state index is 12.1. The first kappa shape index (κ1) is 15.3. The van der Waals surface area contributed by atoms with Crippen LogP contribution in [-0.4, -0.2) is 20.0 Å². The van der Waals surface area contributed by atoms with Crippen LogP contribution in [0.5, 0.6) is 11.5 Å². The average molecular weight is 265 g/mol. The molecule has 0 amide bonds. The number of ketones is 1. The van der Waals surface area contributed by atoms with Crippen LogP contribution in [0.2, 0.25) is 0 Å². The molecule has 0 aliphatic rings. The highest BCUT2D eigenvalue weighted by Gasteiger charge is 2.27. The van der Waals surface area contributed by atoms with Crippen molar-refractivity contribution in [3.63, 3.8) is 0 Å². The van der Waals surface area contributed by atoms with Gasteiger partial charge in [-0.05, 0) is 17.0 Å². The molecule has 0 aliphatic carbocycles. The summed E-state index contributed by atoms with van der Waals surface area (Å²) >= 11 is 0. The van der Waals surface area contributed by atoms with E-state index in [4.69, 9.17) is 15.2 Å². The van der Waals surface area contributed by atoms with Crippen LogP contribution in [0, 0.1) is 0 Å². The van der Waals surface area contributed by atoms with Crippen LogP contribution >= 0.6 is 0 Å². The second-order valence-electron chi connectivity index (χ2n) is 5.48. The van der Waals surface area contributed by atoms with Gasteiger partial charge in [0.05, 0.1) is 19.9 Å². The van der Waals surface area contributed by atoms with Crippen LogP contribution < -0.4 is 15.2 Å². The summed E-state index contributed by atoms with van der Waals surface area (Å²) in [7, 11) is 3.06. The normalized spacial score (nSPS) is 11.3. The van der Waals surface area contributed by atoms with E-state index in [-0.39, 0.29) is 11.2 Å². The molecule has 2 N–H and O–H groups in total. The lowest BCUT2D eigenvalue weighted by Crippen LogP contribution is -2.17. The SMILES string of the molecule is CCC(=O)c1c(OC)cc(C(C)(C)C)c(N)c1OC. The van der Waals surface area contributed by atoms with Crippen LogP contribution in [-0.2, 0) is 5.41 Å². The number of rotatable bonds is 4. The summed E-state index contributed by atoms with van der Waals surface area (Å²) in [5.74, 6) is 0.889. The summed E-state index contributed by atoms with van der Waals surface area (Å²) in [6.07, 6.45) is 0.376. The number of methoxy groups -OCH3 is 2. The van der Waals surface area contributed by atoms with E-state index in [1.807, 2.05) is 6.07 Å². The highest BCUT2D eigenvalue weighted by molar-refractivity contribution is 6.03. The molecular weight excluding hydrogens is 242 g/mol. The van der Waals surface area contributed by atoms with E-state index in [0.717, 1.165) is 5.56 Å². The molecule has 0 aliphatic heterocycles. The summed E-state index contributed by atoms with van der Waals surface area (Å²) in [4.78, 5) is 12.1. The summed E-state index contributed by atoms with van der Waals surface area (Å²) in [5, 5.41) is 0. The average Bonchev–Trinajstić information content (AvgIpc) is 2.35. The summed E-state index contributed by atoms with van der Waals surface area (Å²) < 4.78 is 10.7. The lowest BCUT2D eigenvalue weighted by atomic mass is 9.84. The maximum Gasteiger partial charge on any atom is 0.170 e. The Morgan fingerprint density at radius 1 is 1.26 bits per heavy atom. The van der Waals surface area contributed by atoms with E-state index in [1.165, 1.54) is 7.11 Å². The molecule has 0 bridgehead atoms. The van der Waals surface area contributed by atoms with E-state index < -0.39 is 0 Å². The van der Waals surface area contributed by atoms with Crippen molar-refractivity contribution in [2.24, 2.45) is 0 Å². The van der Waals surface area contributed by atoms with Crippen molar-refractivity contribution >= 4 is 11.5 Å². The van der Waals surface area contributed by atoms with Crippen molar-refractivity contribution in [2.45, 2.75) is 39.5 Å². The van der Waals surface area contributed by atoms with E-state index in [9.17, 15) is 4.79 Å². The molecule has 0 atom stereocenters. The first-order chi connectivity index (χ1) is 8.77.